The van der Waals surface area contributed by atoms with Gasteiger partial charge in [0.1, 0.15) is 5.56 Å². The smallest absolute Gasteiger partial charge is 0.256 e. The van der Waals surface area contributed by atoms with Crippen LogP contribution in [0.25, 0.3) is 0 Å². The van der Waals surface area contributed by atoms with Gasteiger partial charge >= 0.3 is 0 Å². The first kappa shape index (κ1) is 12.8. The van der Waals surface area contributed by atoms with Gasteiger partial charge < -0.3 is 15.8 Å². The summed E-state index contributed by atoms with van der Waals surface area (Å²) in [5, 5.41) is 3.03. The molecule has 1 saturated carbocycles. The molecule has 1 aliphatic rings. The maximum atomic E-state index is 12.2. The number of nitrogens with two attached hydrogens (primary N) is 1. The third-order valence-electron chi connectivity index (χ3n) is 3.49. The molecule has 5 nitrogen and oxygen atoms in total. The van der Waals surface area contributed by atoms with Crippen molar-refractivity contribution >= 4 is 5.91 Å². The van der Waals surface area contributed by atoms with E-state index in [9.17, 15) is 4.79 Å². The monoisotopic (exact) mass is 249 g/mol. The lowest BCUT2D eigenvalue weighted by Crippen LogP contribution is -2.40. The molecule has 1 aliphatic carbocycles. The van der Waals surface area contributed by atoms with Crippen LogP contribution in [0.5, 0.6) is 5.88 Å². The summed E-state index contributed by atoms with van der Waals surface area (Å²) < 4.78 is 5.09. The quantitative estimate of drug-likeness (QED) is 0.832. The van der Waals surface area contributed by atoms with Crippen LogP contribution < -0.4 is 15.8 Å². The topological polar surface area (TPSA) is 77.2 Å². The number of hydrogen-bond acceptors (Lipinski definition) is 4. The number of rotatable bonds is 4. The highest BCUT2D eigenvalue weighted by Crippen LogP contribution is 2.25. The van der Waals surface area contributed by atoms with Crippen LogP contribution in [0.15, 0.2) is 18.3 Å². The van der Waals surface area contributed by atoms with Crippen molar-refractivity contribution < 1.29 is 9.53 Å². The van der Waals surface area contributed by atoms with E-state index in [0.717, 1.165) is 19.3 Å². The van der Waals surface area contributed by atoms with Crippen molar-refractivity contribution in [2.75, 3.05) is 13.7 Å². The molecule has 1 aromatic heterocycles. The van der Waals surface area contributed by atoms with E-state index >= 15 is 0 Å². The summed E-state index contributed by atoms with van der Waals surface area (Å²) >= 11 is 0. The zero-order valence-electron chi connectivity index (χ0n) is 10.6. The Balaban J connectivity index is 2.07. The van der Waals surface area contributed by atoms with E-state index < -0.39 is 0 Å². The Morgan fingerprint density at radius 2 is 2.44 bits per heavy atom. The second-order valence-electron chi connectivity index (χ2n) is 4.57. The molecule has 5 heteroatoms. The third kappa shape index (κ3) is 2.61. The van der Waals surface area contributed by atoms with Gasteiger partial charge in [-0.2, -0.15) is 0 Å². The van der Waals surface area contributed by atoms with Crippen LogP contribution in [0.4, 0.5) is 0 Å². The molecule has 98 valence electrons. The summed E-state index contributed by atoms with van der Waals surface area (Å²) in [4.78, 5) is 16.2. The number of hydrogen-bond donors (Lipinski definition) is 2. The van der Waals surface area contributed by atoms with E-state index in [1.165, 1.54) is 7.11 Å². The molecule has 0 spiro atoms. The molecule has 1 amide bonds. The number of carbonyl (C=O) groups excluding carboxylic acids is 1. The number of pyridine rings is 1. The molecule has 18 heavy (non-hydrogen) atoms. The minimum atomic E-state index is -0.134. The van der Waals surface area contributed by atoms with Crippen molar-refractivity contribution in [1.29, 1.82) is 0 Å². The summed E-state index contributed by atoms with van der Waals surface area (Å²) in [6.07, 6.45) is 4.81. The number of carbonyl (C=O) groups is 1. The van der Waals surface area contributed by atoms with Gasteiger partial charge in [0.2, 0.25) is 5.88 Å². The second kappa shape index (κ2) is 5.82. The van der Waals surface area contributed by atoms with Gasteiger partial charge in [-0.05, 0) is 37.4 Å². The van der Waals surface area contributed by atoms with Gasteiger partial charge in [0, 0.05) is 12.2 Å². The van der Waals surface area contributed by atoms with Crippen LogP contribution >= 0.6 is 0 Å². The molecule has 1 heterocycles. The summed E-state index contributed by atoms with van der Waals surface area (Å²) in [7, 11) is 1.51. The van der Waals surface area contributed by atoms with Crippen molar-refractivity contribution in [3.63, 3.8) is 0 Å². The largest absolute Gasteiger partial charge is 0.480 e. The maximum absolute atomic E-state index is 12.2. The van der Waals surface area contributed by atoms with Gasteiger partial charge in [0.25, 0.3) is 5.91 Å². The zero-order chi connectivity index (χ0) is 13.0. The SMILES string of the molecule is COc1ncccc1C(=O)NC1CCCC1CN. The van der Waals surface area contributed by atoms with E-state index in [1.54, 1.807) is 18.3 Å². The van der Waals surface area contributed by atoms with Gasteiger partial charge in [-0.3, -0.25) is 4.79 Å². The average molecular weight is 249 g/mol. The van der Waals surface area contributed by atoms with Gasteiger partial charge in [0.05, 0.1) is 7.11 Å². The molecule has 2 unspecified atom stereocenters. The molecule has 1 fully saturated rings. The summed E-state index contributed by atoms with van der Waals surface area (Å²) in [5.41, 5.74) is 6.18. The highest BCUT2D eigenvalue weighted by molar-refractivity contribution is 5.96. The van der Waals surface area contributed by atoms with Crippen LogP contribution in [0.2, 0.25) is 0 Å². The number of amides is 1. The Hall–Kier alpha value is -1.62. The van der Waals surface area contributed by atoms with Crippen LogP contribution in [-0.4, -0.2) is 30.6 Å². The molecular formula is C13H19N3O2. The summed E-state index contributed by atoms with van der Waals surface area (Å²) in [6.45, 7) is 0.620. The molecule has 0 aromatic carbocycles. The van der Waals surface area contributed by atoms with Crippen LogP contribution in [-0.2, 0) is 0 Å². The van der Waals surface area contributed by atoms with Crippen molar-refractivity contribution in [1.82, 2.24) is 10.3 Å². The lowest BCUT2D eigenvalue weighted by atomic mass is 10.0. The van der Waals surface area contributed by atoms with Gasteiger partial charge in [0.15, 0.2) is 0 Å². The molecule has 1 aromatic rings. The Morgan fingerprint density at radius 1 is 1.61 bits per heavy atom. The predicted octanol–water partition coefficient (Wildman–Crippen LogP) is 0.947. The average Bonchev–Trinajstić information content (AvgIpc) is 2.85. The lowest BCUT2D eigenvalue weighted by molar-refractivity contribution is 0.0925. The fraction of sp³-hybridized carbons (Fsp3) is 0.538. The minimum Gasteiger partial charge on any atom is -0.480 e. The molecule has 3 N–H and O–H groups in total. The Morgan fingerprint density at radius 3 is 3.17 bits per heavy atom. The maximum Gasteiger partial charge on any atom is 0.256 e. The second-order valence-corrected chi connectivity index (χ2v) is 4.57. The highest BCUT2D eigenvalue weighted by atomic mass is 16.5. The van der Waals surface area contributed by atoms with Crippen LogP contribution in [0.1, 0.15) is 29.6 Å². The highest BCUT2D eigenvalue weighted by Gasteiger charge is 2.28. The molecule has 2 atom stereocenters. The summed E-state index contributed by atoms with van der Waals surface area (Å²) in [6, 6.07) is 3.62. The Bertz CT molecular complexity index is 422. The molecule has 0 saturated heterocycles. The van der Waals surface area contributed by atoms with Gasteiger partial charge in [-0.25, -0.2) is 4.98 Å². The van der Waals surface area contributed by atoms with Crippen molar-refractivity contribution in [3.05, 3.63) is 23.9 Å². The van der Waals surface area contributed by atoms with Gasteiger partial charge in [-0.1, -0.05) is 6.42 Å². The van der Waals surface area contributed by atoms with Crippen molar-refractivity contribution in [3.8, 4) is 5.88 Å². The molecule has 2 rings (SSSR count). The summed E-state index contributed by atoms with van der Waals surface area (Å²) in [5.74, 6) is 0.610. The third-order valence-corrected chi connectivity index (χ3v) is 3.49. The number of ether oxygens (including phenoxy) is 1. The lowest BCUT2D eigenvalue weighted by Gasteiger charge is -2.19. The van der Waals surface area contributed by atoms with Crippen molar-refractivity contribution in [2.24, 2.45) is 11.7 Å². The Kier molecular flexibility index (Phi) is 4.15. The van der Waals surface area contributed by atoms with E-state index in [4.69, 9.17) is 10.5 Å². The molecule has 0 radical (unpaired) electrons. The fourth-order valence-electron chi connectivity index (χ4n) is 2.48. The van der Waals surface area contributed by atoms with E-state index in [2.05, 4.69) is 10.3 Å². The Labute approximate surface area is 107 Å². The number of nitrogens with one attached hydrogen (secondary N) is 1. The van der Waals surface area contributed by atoms with E-state index in [0.29, 0.717) is 23.9 Å². The van der Waals surface area contributed by atoms with Crippen LogP contribution in [0.3, 0.4) is 0 Å². The first-order chi connectivity index (χ1) is 8.76. The molecule has 0 bridgehead atoms. The fourth-order valence-corrected chi connectivity index (χ4v) is 2.48. The van der Waals surface area contributed by atoms with Gasteiger partial charge in [-0.15, -0.1) is 0 Å². The molecule has 0 aliphatic heterocycles. The zero-order valence-corrected chi connectivity index (χ0v) is 10.6. The number of nitrogens with zero attached hydrogens (tertiary/aromatic N) is 1. The number of aromatic nitrogens is 1. The van der Waals surface area contributed by atoms with Crippen LogP contribution in [0, 0.1) is 5.92 Å². The molecular weight excluding hydrogens is 230 g/mol. The van der Waals surface area contributed by atoms with Crippen molar-refractivity contribution in [2.45, 2.75) is 25.3 Å². The predicted molar refractivity (Wildman–Crippen MR) is 68.4 cm³/mol. The first-order valence-corrected chi connectivity index (χ1v) is 6.26. The number of methoxy groups -OCH3 is 1. The minimum absolute atomic E-state index is 0.134. The first-order valence-electron chi connectivity index (χ1n) is 6.26. The van der Waals surface area contributed by atoms with E-state index in [-0.39, 0.29) is 11.9 Å². The normalized spacial score (nSPS) is 22.8. The standard InChI is InChI=1S/C13H19N3O2/c1-18-13-10(5-3-7-15-13)12(17)16-11-6-2-4-9(11)8-14/h3,5,7,9,11H,2,4,6,8,14H2,1H3,(H,16,17). The van der Waals surface area contributed by atoms with E-state index in [1.807, 2.05) is 0 Å².